The first-order chi connectivity index (χ1) is 10.7. The minimum Gasteiger partial charge on any atom is -0.352 e. The molecule has 22 heavy (non-hydrogen) atoms. The van der Waals surface area contributed by atoms with E-state index in [2.05, 4.69) is 23.4 Å². The lowest BCUT2D eigenvalue weighted by Crippen LogP contribution is -2.24. The van der Waals surface area contributed by atoms with E-state index in [1.54, 1.807) is 0 Å². The molecule has 4 nitrogen and oxygen atoms in total. The van der Waals surface area contributed by atoms with Crippen LogP contribution in [0.5, 0.6) is 0 Å². The van der Waals surface area contributed by atoms with Crippen LogP contribution in [0.2, 0.25) is 0 Å². The van der Waals surface area contributed by atoms with Gasteiger partial charge < -0.3 is 5.32 Å². The van der Waals surface area contributed by atoms with Crippen molar-refractivity contribution in [1.29, 1.82) is 0 Å². The highest BCUT2D eigenvalue weighted by atomic mass is 16.1. The topological polar surface area (TPSA) is 46.9 Å². The zero-order chi connectivity index (χ0) is 15.4. The van der Waals surface area contributed by atoms with E-state index in [9.17, 15) is 4.79 Å². The number of aryl methyl sites for hydroxylation is 2. The van der Waals surface area contributed by atoms with Crippen LogP contribution >= 0.6 is 0 Å². The van der Waals surface area contributed by atoms with Crippen LogP contribution in [-0.2, 0) is 17.9 Å². The van der Waals surface area contributed by atoms with Gasteiger partial charge in [-0.1, -0.05) is 42.5 Å². The van der Waals surface area contributed by atoms with E-state index in [0.717, 1.165) is 16.5 Å². The third kappa shape index (κ3) is 3.17. The van der Waals surface area contributed by atoms with Crippen molar-refractivity contribution in [1.82, 2.24) is 15.1 Å². The molecule has 1 heterocycles. The predicted octanol–water partition coefficient (Wildman–Crippen LogP) is 3.05. The molecule has 112 valence electrons. The summed E-state index contributed by atoms with van der Waals surface area (Å²) in [6, 6.07) is 16.1. The Balaban J connectivity index is 1.55. The van der Waals surface area contributed by atoms with Gasteiger partial charge in [-0.3, -0.25) is 9.48 Å². The zero-order valence-corrected chi connectivity index (χ0v) is 12.6. The second kappa shape index (κ2) is 6.43. The first-order valence-corrected chi connectivity index (χ1v) is 7.46. The minimum atomic E-state index is 0.0443. The van der Waals surface area contributed by atoms with Gasteiger partial charge in [0.1, 0.15) is 0 Å². The molecule has 0 aliphatic rings. The summed E-state index contributed by atoms with van der Waals surface area (Å²) in [5, 5.41) is 8.41. The Hall–Kier alpha value is -2.62. The van der Waals surface area contributed by atoms with Crippen LogP contribution in [-0.4, -0.2) is 15.7 Å². The molecule has 0 unspecified atom stereocenters. The van der Waals surface area contributed by atoms with E-state index >= 15 is 0 Å². The molecule has 0 bridgehead atoms. The van der Waals surface area contributed by atoms with Gasteiger partial charge in [0.2, 0.25) is 5.91 Å². The number of fused-ring (bicyclic) bond motifs is 1. The number of hydrogen-bond acceptors (Lipinski definition) is 2. The average Bonchev–Trinajstić information content (AvgIpc) is 2.95. The summed E-state index contributed by atoms with van der Waals surface area (Å²) >= 11 is 0. The van der Waals surface area contributed by atoms with Crippen molar-refractivity contribution >= 4 is 16.8 Å². The van der Waals surface area contributed by atoms with E-state index in [1.165, 1.54) is 5.56 Å². The normalized spacial score (nSPS) is 10.8. The van der Waals surface area contributed by atoms with Crippen LogP contribution < -0.4 is 5.32 Å². The number of nitrogens with zero attached hydrogens (tertiary/aromatic N) is 2. The average molecular weight is 293 g/mol. The summed E-state index contributed by atoms with van der Waals surface area (Å²) < 4.78 is 1.88. The van der Waals surface area contributed by atoms with E-state index < -0.39 is 0 Å². The molecule has 1 aromatic heterocycles. The van der Waals surface area contributed by atoms with Gasteiger partial charge in [0.05, 0.1) is 18.3 Å². The van der Waals surface area contributed by atoms with Gasteiger partial charge in [-0.2, -0.15) is 5.10 Å². The van der Waals surface area contributed by atoms with Gasteiger partial charge in [-0.25, -0.2) is 0 Å². The molecule has 3 rings (SSSR count). The number of benzene rings is 2. The summed E-state index contributed by atoms with van der Waals surface area (Å²) in [6.45, 7) is 3.22. The lowest BCUT2D eigenvalue weighted by molar-refractivity contribution is -0.121. The largest absolute Gasteiger partial charge is 0.352 e. The molecule has 0 fully saturated rings. The molecule has 0 aliphatic heterocycles. The molecule has 4 heteroatoms. The molecule has 3 aromatic rings. The van der Waals surface area contributed by atoms with E-state index in [0.29, 0.717) is 19.5 Å². The van der Waals surface area contributed by atoms with Crippen LogP contribution in [0, 0.1) is 6.92 Å². The lowest BCUT2D eigenvalue weighted by atomic mass is 10.1. The Bertz CT molecular complexity index is 792. The Kier molecular flexibility index (Phi) is 4.19. The highest BCUT2D eigenvalue weighted by molar-refractivity contribution is 5.79. The molecular formula is C18H19N3O. The summed E-state index contributed by atoms with van der Waals surface area (Å²) in [4.78, 5) is 12.0. The Morgan fingerprint density at radius 1 is 1.14 bits per heavy atom. The van der Waals surface area contributed by atoms with Crippen molar-refractivity contribution in [2.75, 3.05) is 0 Å². The zero-order valence-electron chi connectivity index (χ0n) is 12.6. The molecule has 0 aliphatic carbocycles. The monoisotopic (exact) mass is 293 g/mol. The van der Waals surface area contributed by atoms with Gasteiger partial charge in [-0.15, -0.1) is 0 Å². The summed E-state index contributed by atoms with van der Waals surface area (Å²) in [5.41, 5.74) is 3.41. The molecule has 0 saturated carbocycles. The molecule has 0 saturated heterocycles. The van der Waals surface area contributed by atoms with Crippen molar-refractivity contribution < 1.29 is 4.79 Å². The van der Waals surface area contributed by atoms with Gasteiger partial charge in [0.25, 0.3) is 0 Å². The van der Waals surface area contributed by atoms with E-state index in [1.807, 2.05) is 53.3 Å². The number of hydrogen-bond donors (Lipinski definition) is 1. The van der Waals surface area contributed by atoms with Gasteiger partial charge >= 0.3 is 0 Å². The first kappa shape index (κ1) is 14.3. The summed E-state index contributed by atoms with van der Waals surface area (Å²) in [7, 11) is 0. The van der Waals surface area contributed by atoms with Crippen LogP contribution in [0.15, 0.2) is 54.7 Å². The standard InChI is InChI=1S/C18H19N3O/c1-14-6-2-3-7-15(14)12-19-18(22)10-11-21-17-9-5-4-8-16(17)13-20-21/h2-9,13H,10-12H2,1H3,(H,19,22). The Morgan fingerprint density at radius 3 is 2.77 bits per heavy atom. The van der Waals surface area contributed by atoms with E-state index in [4.69, 9.17) is 0 Å². The van der Waals surface area contributed by atoms with Crippen LogP contribution in [0.25, 0.3) is 10.9 Å². The minimum absolute atomic E-state index is 0.0443. The van der Waals surface area contributed by atoms with Crippen molar-refractivity contribution in [3.8, 4) is 0 Å². The second-order valence-electron chi connectivity index (χ2n) is 5.38. The molecular weight excluding hydrogens is 274 g/mol. The Morgan fingerprint density at radius 2 is 1.91 bits per heavy atom. The smallest absolute Gasteiger partial charge is 0.222 e. The molecule has 0 spiro atoms. The predicted molar refractivity (Wildman–Crippen MR) is 87.4 cm³/mol. The second-order valence-corrected chi connectivity index (χ2v) is 5.38. The number of aromatic nitrogens is 2. The number of carbonyl (C=O) groups is 1. The number of amides is 1. The highest BCUT2D eigenvalue weighted by Crippen LogP contribution is 2.13. The maximum Gasteiger partial charge on any atom is 0.222 e. The van der Waals surface area contributed by atoms with Crippen molar-refractivity contribution in [2.24, 2.45) is 0 Å². The number of nitrogens with one attached hydrogen (secondary N) is 1. The first-order valence-electron chi connectivity index (χ1n) is 7.46. The van der Waals surface area contributed by atoms with Crippen LogP contribution in [0.1, 0.15) is 17.5 Å². The van der Waals surface area contributed by atoms with E-state index in [-0.39, 0.29) is 5.91 Å². The van der Waals surface area contributed by atoms with Gasteiger partial charge in [0, 0.05) is 18.4 Å². The summed E-state index contributed by atoms with van der Waals surface area (Å²) in [6.07, 6.45) is 2.26. The van der Waals surface area contributed by atoms with Crippen molar-refractivity contribution in [2.45, 2.75) is 26.4 Å². The fourth-order valence-corrected chi connectivity index (χ4v) is 2.50. The maximum absolute atomic E-state index is 12.0. The van der Waals surface area contributed by atoms with Gasteiger partial charge in [0.15, 0.2) is 0 Å². The van der Waals surface area contributed by atoms with Crippen molar-refractivity contribution in [3.63, 3.8) is 0 Å². The highest BCUT2D eigenvalue weighted by Gasteiger charge is 2.06. The number of rotatable bonds is 5. The van der Waals surface area contributed by atoms with Gasteiger partial charge in [-0.05, 0) is 24.1 Å². The van der Waals surface area contributed by atoms with Crippen LogP contribution in [0.4, 0.5) is 0 Å². The molecule has 2 aromatic carbocycles. The van der Waals surface area contributed by atoms with Crippen molar-refractivity contribution in [3.05, 3.63) is 65.9 Å². The maximum atomic E-state index is 12.0. The SMILES string of the molecule is Cc1ccccc1CNC(=O)CCn1ncc2ccccc21. The molecule has 0 radical (unpaired) electrons. The van der Waals surface area contributed by atoms with Crippen LogP contribution in [0.3, 0.4) is 0 Å². The lowest BCUT2D eigenvalue weighted by Gasteiger charge is -2.08. The third-order valence-corrected chi connectivity index (χ3v) is 3.84. The molecule has 1 amide bonds. The molecule has 0 atom stereocenters. The quantitative estimate of drug-likeness (QED) is 0.786. The number of carbonyl (C=O) groups excluding carboxylic acids is 1. The third-order valence-electron chi connectivity index (χ3n) is 3.84. The Labute approximate surface area is 129 Å². The summed E-state index contributed by atoms with van der Waals surface area (Å²) in [5.74, 6) is 0.0443. The fourth-order valence-electron chi connectivity index (χ4n) is 2.50. The molecule has 1 N–H and O–H groups in total. The fraction of sp³-hybridized carbons (Fsp3) is 0.222. The number of para-hydroxylation sites is 1.